The van der Waals surface area contributed by atoms with Crippen molar-refractivity contribution in [3.63, 3.8) is 0 Å². The first-order valence-electron chi connectivity index (χ1n) is 4.62. The molecule has 0 radical (unpaired) electrons. The highest BCUT2D eigenvalue weighted by molar-refractivity contribution is 6.18. The molecule has 2 atom stereocenters. The Morgan fingerprint density at radius 1 is 1.50 bits per heavy atom. The quantitative estimate of drug-likeness (QED) is 0.622. The van der Waals surface area contributed by atoms with E-state index in [1.165, 1.54) is 19.3 Å². The van der Waals surface area contributed by atoms with Gasteiger partial charge in [0.2, 0.25) is 0 Å². The maximum atomic E-state index is 5.75. The van der Waals surface area contributed by atoms with Gasteiger partial charge in [-0.1, -0.05) is 6.42 Å². The smallest absolute Gasteiger partial charge is 0.168 e. The third kappa shape index (κ3) is 1.36. The van der Waals surface area contributed by atoms with Gasteiger partial charge < -0.3 is 9.47 Å². The summed E-state index contributed by atoms with van der Waals surface area (Å²) in [5, 5.41) is 0. The van der Waals surface area contributed by atoms with E-state index in [0.717, 1.165) is 0 Å². The molecule has 0 aromatic carbocycles. The van der Waals surface area contributed by atoms with Gasteiger partial charge in [0.25, 0.3) is 0 Å². The Morgan fingerprint density at radius 2 is 2.25 bits per heavy atom. The third-order valence-corrected chi connectivity index (χ3v) is 3.32. The molecular weight excluding hydrogens is 176 g/mol. The topological polar surface area (TPSA) is 18.5 Å². The molecule has 1 saturated carbocycles. The van der Waals surface area contributed by atoms with E-state index in [2.05, 4.69) is 0 Å². The molecule has 0 bridgehead atoms. The van der Waals surface area contributed by atoms with Crippen LogP contribution in [0.1, 0.15) is 26.2 Å². The van der Waals surface area contributed by atoms with Crippen molar-refractivity contribution in [1.29, 1.82) is 0 Å². The van der Waals surface area contributed by atoms with Crippen molar-refractivity contribution < 1.29 is 9.47 Å². The lowest BCUT2D eigenvalue weighted by Gasteiger charge is -2.38. The Kier molecular flexibility index (Phi) is 2.32. The standard InChI is InChI=1S/C9H15ClO2/c1-9(7-3-2-4-7)11-6-8(5-10)12-9/h7-8H,2-6H2,1H3. The van der Waals surface area contributed by atoms with Crippen molar-refractivity contribution in [2.45, 2.75) is 38.1 Å². The highest BCUT2D eigenvalue weighted by Gasteiger charge is 2.45. The van der Waals surface area contributed by atoms with Crippen molar-refractivity contribution in [2.75, 3.05) is 12.5 Å². The lowest BCUT2D eigenvalue weighted by molar-refractivity contribution is -0.205. The van der Waals surface area contributed by atoms with Crippen LogP contribution in [0.2, 0.25) is 0 Å². The van der Waals surface area contributed by atoms with Gasteiger partial charge in [0, 0.05) is 5.92 Å². The van der Waals surface area contributed by atoms with Crippen LogP contribution < -0.4 is 0 Å². The van der Waals surface area contributed by atoms with Gasteiger partial charge in [-0.05, 0) is 19.8 Å². The fourth-order valence-electron chi connectivity index (χ4n) is 1.88. The van der Waals surface area contributed by atoms with E-state index in [0.29, 0.717) is 18.4 Å². The van der Waals surface area contributed by atoms with Crippen molar-refractivity contribution in [2.24, 2.45) is 5.92 Å². The number of rotatable bonds is 2. The average Bonchev–Trinajstić information content (AvgIpc) is 2.28. The van der Waals surface area contributed by atoms with E-state index < -0.39 is 0 Å². The van der Waals surface area contributed by atoms with Gasteiger partial charge in [0.1, 0.15) is 0 Å². The summed E-state index contributed by atoms with van der Waals surface area (Å²) in [6.07, 6.45) is 3.91. The zero-order valence-corrected chi connectivity index (χ0v) is 8.14. The van der Waals surface area contributed by atoms with E-state index in [1.807, 2.05) is 6.92 Å². The molecule has 2 fully saturated rings. The molecular formula is C9H15ClO2. The minimum atomic E-state index is -0.322. The Morgan fingerprint density at radius 3 is 2.67 bits per heavy atom. The molecule has 0 N–H and O–H groups in total. The normalized spacial score (nSPS) is 43.0. The van der Waals surface area contributed by atoms with Crippen molar-refractivity contribution in [3.8, 4) is 0 Å². The Hall–Kier alpha value is 0.210. The Bertz CT molecular complexity index is 170. The highest BCUT2D eigenvalue weighted by Crippen LogP contribution is 2.42. The lowest BCUT2D eigenvalue weighted by Crippen LogP contribution is -2.40. The summed E-state index contributed by atoms with van der Waals surface area (Å²) in [4.78, 5) is 0. The molecule has 0 amide bonds. The molecule has 1 saturated heterocycles. The number of halogens is 1. The molecule has 2 rings (SSSR count). The van der Waals surface area contributed by atoms with Gasteiger partial charge >= 0.3 is 0 Å². The second-order valence-corrected chi connectivity index (χ2v) is 4.16. The molecule has 0 aromatic rings. The predicted molar refractivity (Wildman–Crippen MR) is 47.3 cm³/mol. The number of alkyl halides is 1. The first-order valence-corrected chi connectivity index (χ1v) is 5.16. The van der Waals surface area contributed by atoms with Crippen LogP contribution in [0.5, 0.6) is 0 Å². The summed E-state index contributed by atoms with van der Waals surface area (Å²) in [5.74, 6) is 0.825. The van der Waals surface area contributed by atoms with Crippen LogP contribution in [0.25, 0.3) is 0 Å². The number of ether oxygens (including phenoxy) is 2. The molecule has 1 heterocycles. The van der Waals surface area contributed by atoms with Crippen LogP contribution in [-0.4, -0.2) is 24.4 Å². The van der Waals surface area contributed by atoms with Crippen LogP contribution in [0, 0.1) is 5.92 Å². The number of hydrogen-bond donors (Lipinski definition) is 0. The van der Waals surface area contributed by atoms with Gasteiger partial charge in [-0.25, -0.2) is 0 Å². The summed E-state index contributed by atoms with van der Waals surface area (Å²) in [5.41, 5.74) is 0. The molecule has 70 valence electrons. The maximum absolute atomic E-state index is 5.75. The van der Waals surface area contributed by atoms with Crippen molar-refractivity contribution in [3.05, 3.63) is 0 Å². The summed E-state index contributed by atoms with van der Waals surface area (Å²) < 4.78 is 11.4. The van der Waals surface area contributed by atoms with E-state index >= 15 is 0 Å². The first kappa shape index (κ1) is 8.79. The SMILES string of the molecule is CC1(C2CCC2)OCC(CCl)O1. The van der Waals surface area contributed by atoms with Crippen LogP contribution >= 0.6 is 11.6 Å². The second-order valence-electron chi connectivity index (χ2n) is 3.85. The van der Waals surface area contributed by atoms with E-state index in [-0.39, 0.29) is 11.9 Å². The van der Waals surface area contributed by atoms with Gasteiger partial charge in [0.05, 0.1) is 18.6 Å². The molecule has 0 aromatic heterocycles. The van der Waals surface area contributed by atoms with Crippen molar-refractivity contribution in [1.82, 2.24) is 0 Å². The summed E-state index contributed by atoms with van der Waals surface area (Å²) >= 11 is 5.70. The fraction of sp³-hybridized carbons (Fsp3) is 1.00. The Balaban J connectivity index is 1.94. The summed E-state index contributed by atoms with van der Waals surface area (Å²) in [6.45, 7) is 2.71. The first-order chi connectivity index (χ1) is 5.74. The predicted octanol–water partition coefficient (Wildman–Crippen LogP) is 2.16. The molecule has 2 nitrogen and oxygen atoms in total. The Labute approximate surface area is 78.2 Å². The van der Waals surface area contributed by atoms with Gasteiger partial charge in [-0.3, -0.25) is 0 Å². The van der Waals surface area contributed by atoms with Crippen molar-refractivity contribution >= 4 is 11.6 Å². The minimum absolute atomic E-state index is 0.109. The number of hydrogen-bond acceptors (Lipinski definition) is 2. The highest BCUT2D eigenvalue weighted by atomic mass is 35.5. The molecule has 2 aliphatic rings. The van der Waals surface area contributed by atoms with Gasteiger partial charge in [-0.2, -0.15) is 0 Å². The van der Waals surface area contributed by atoms with E-state index in [4.69, 9.17) is 21.1 Å². The van der Waals surface area contributed by atoms with Gasteiger partial charge in [-0.15, -0.1) is 11.6 Å². The second kappa shape index (κ2) is 3.17. The molecule has 3 heteroatoms. The zero-order valence-electron chi connectivity index (χ0n) is 7.38. The molecule has 12 heavy (non-hydrogen) atoms. The van der Waals surface area contributed by atoms with Crippen LogP contribution in [0.3, 0.4) is 0 Å². The largest absolute Gasteiger partial charge is 0.347 e. The minimum Gasteiger partial charge on any atom is -0.347 e. The summed E-state index contributed by atoms with van der Waals surface area (Å²) in [6, 6.07) is 0. The zero-order chi connectivity index (χ0) is 8.60. The average molecular weight is 191 g/mol. The molecule has 0 spiro atoms. The maximum Gasteiger partial charge on any atom is 0.168 e. The van der Waals surface area contributed by atoms with Crippen LogP contribution in [0.4, 0.5) is 0 Å². The van der Waals surface area contributed by atoms with Gasteiger partial charge in [0.15, 0.2) is 5.79 Å². The fourth-order valence-corrected chi connectivity index (χ4v) is 2.03. The van der Waals surface area contributed by atoms with Crippen LogP contribution in [-0.2, 0) is 9.47 Å². The third-order valence-electron chi connectivity index (χ3n) is 2.98. The van der Waals surface area contributed by atoms with Crippen LogP contribution in [0.15, 0.2) is 0 Å². The lowest BCUT2D eigenvalue weighted by atomic mass is 9.79. The monoisotopic (exact) mass is 190 g/mol. The summed E-state index contributed by atoms with van der Waals surface area (Å²) in [7, 11) is 0. The molecule has 2 unspecified atom stereocenters. The molecule has 1 aliphatic heterocycles. The molecule has 1 aliphatic carbocycles. The van der Waals surface area contributed by atoms with E-state index in [1.54, 1.807) is 0 Å². The van der Waals surface area contributed by atoms with E-state index in [9.17, 15) is 0 Å².